The van der Waals surface area contributed by atoms with Crippen molar-refractivity contribution in [1.29, 1.82) is 0 Å². The van der Waals surface area contributed by atoms with Crippen LogP contribution < -0.4 is 11.1 Å². The van der Waals surface area contributed by atoms with Gasteiger partial charge in [-0.3, -0.25) is 4.79 Å². The van der Waals surface area contributed by atoms with Crippen molar-refractivity contribution in [3.8, 4) is 0 Å². The highest BCUT2D eigenvalue weighted by Gasteiger charge is 2.22. The number of anilines is 1. The molecule has 0 radical (unpaired) electrons. The van der Waals surface area contributed by atoms with Crippen LogP contribution in [0.5, 0.6) is 0 Å². The summed E-state index contributed by atoms with van der Waals surface area (Å²) in [6.07, 6.45) is 0. The molecule has 1 aromatic carbocycles. The van der Waals surface area contributed by atoms with Gasteiger partial charge in [0.05, 0.1) is 24.0 Å². The van der Waals surface area contributed by atoms with Gasteiger partial charge in [-0.2, -0.15) is 0 Å². The van der Waals surface area contributed by atoms with Crippen molar-refractivity contribution in [3.05, 3.63) is 23.8 Å². The first kappa shape index (κ1) is 11.3. The standard InChI is InChI=1S/C11H14N2O2S/c1-13-11(14)9-3-2-7(12)4-10(9)16-8-5-15-6-8/h2-4,8H,5-6,12H2,1H3,(H,13,14). The summed E-state index contributed by atoms with van der Waals surface area (Å²) in [5, 5.41) is 3.06. The Morgan fingerprint density at radius 3 is 2.88 bits per heavy atom. The quantitative estimate of drug-likeness (QED) is 0.775. The summed E-state index contributed by atoms with van der Waals surface area (Å²) in [7, 11) is 1.62. The predicted molar refractivity (Wildman–Crippen MR) is 64.7 cm³/mol. The lowest BCUT2D eigenvalue weighted by Crippen LogP contribution is -2.30. The number of carbonyl (C=O) groups excluding carboxylic acids is 1. The molecule has 1 fully saturated rings. The zero-order valence-corrected chi connectivity index (χ0v) is 9.84. The number of hydrogen-bond donors (Lipinski definition) is 2. The highest BCUT2D eigenvalue weighted by atomic mass is 32.2. The van der Waals surface area contributed by atoms with Crippen LogP contribution in [0.25, 0.3) is 0 Å². The summed E-state index contributed by atoms with van der Waals surface area (Å²) in [6, 6.07) is 5.34. The van der Waals surface area contributed by atoms with Crippen molar-refractivity contribution in [3.63, 3.8) is 0 Å². The maximum absolute atomic E-state index is 11.6. The first-order valence-electron chi connectivity index (χ1n) is 5.06. The molecule has 0 unspecified atom stereocenters. The molecule has 1 aliphatic heterocycles. The van der Waals surface area contributed by atoms with E-state index in [9.17, 15) is 4.79 Å². The Balaban J connectivity index is 2.24. The minimum atomic E-state index is -0.0808. The number of carbonyl (C=O) groups is 1. The van der Waals surface area contributed by atoms with Crippen molar-refractivity contribution in [1.82, 2.24) is 5.32 Å². The number of amides is 1. The SMILES string of the molecule is CNC(=O)c1ccc(N)cc1SC1COC1. The van der Waals surface area contributed by atoms with Crippen molar-refractivity contribution in [2.75, 3.05) is 26.0 Å². The molecule has 16 heavy (non-hydrogen) atoms. The number of benzene rings is 1. The van der Waals surface area contributed by atoms with E-state index in [1.54, 1.807) is 30.9 Å². The lowest BCUT2D eigenvalue weighted by Gasteiger charge is -2.26. The lowest BCUT2D eigenvalue weighted by atomic mass is 10.2. The van der Waals surface area contributed by atoms with Gasteiger partial charge >= 0.3 is 0 Å². The van der Waals surface area contributed by atoms with E-state index in [0.717, 1.165) is 18.1 Å². The van der Waals surface area contributed by atoms with Gasteiger partial charge in [-0.1, -0.05) is 0 Å². The van der Waals surface area contributed by atoms with Crippen LogP contribution in [0.15, 0.2) is 23.1 Å². The predicted octanol–water partition coefficient (Wildman–Crippen LogP) is 1.12. The fourth-order valence-electron chi connectivity index (χ4n) is 1.42. The van der Waals surface area contributed by atoms with E-state index in [2.05, 4.69) is 5.32 Å². The lowest BCUT2D eigenvalue weighted by molar-refractivity contribution is 0.0455. The fourth-order valence-corrected chi connectivity index (χ4v) is 2.60. The highest BCUT2D eigenvalue weighted by molar-refractivity contribution is 8.00. The first-order chi connectivity index (χ1) is 7.70. The minimum Gasteiger partial charge on any atom is -0.399 e. The molecule has 3 N–H and O–H groups in total. The average molecular weight is 238 g/mol. The molecular weight excluding hydrogens is 224 g/mol. The number of hydrogen-bond acceptors (Lipinski definition) is 4. The molecule has 1 amide bonds. The maximum Gasteiger partial charge on any atom is 0.252 e. The maximum atomic E-state index is 11.6. The molecule has 0 atom stereocenters. The number of thioether (sulfide) groups is 1. The fraction of sp³-hybridized carbons (Fsp3) is 0.364. The van der Waals surface area contributed by atoms with Gasteiger partial charge in [-0.05, 0) is 18.2 Å². The largest absolute Gasteiger partial charge is 0.399 e. The molecule has 5 heteroatoms. The summed E-state index contributed by atoms with van der Waals surface area (Å²) in [4.78, 5) is 12.6. The zero-order chi connectivity index (χ0) is 11.5. The van der Waals surface area contributed by atoms with Crippen LogP contribution in [0, 0.1) is 0 Å². The van der Waals surface area contributed by atoms with Crippen LogP contribution in [0.2, 0.25) is 0 Å². The van der Waals surface area contributed by atoms with Crippen molar-refractivity contribution in [2.45, 2.75) is 10.1 Å². The number of nitrogens with one attached hydrogen (secondary N) is 1. The van der Waals surface area contributed by atoms with Crippen molar-refractivity contribution in [2.24, 2.45) is 0 Å². The van der Waals surface area contributed by atoms with Crippen LogP contribution in [0.3, 0.4) is 0 Å². The molecular formula is C11H14N2O2S. The molecule has 86 valence electrons. The Morgan fingerprint density at radius 2 is 2.31 bits per heavy atom. The second-order valence-electron chi connectivity index (χ2n) is 3.61. The number of rotatable bonds is 3. The summed E-state index contributed by atoms with van der Waals surface area (Å²) < 4.78 is 5.11. The first-order valence-corrected chi connectivity index (χ1v) is 5.94. The molecule has 0 aromatic heterocycles. The third-order valence-electron chi connectivity index (χ3n) is 2.38. The van der Waals surface area contributed by atoms with Crippen LogP contribution >= 0.6 is 11.8 Å². The van der Waals surface area contributed by atoms with Gasteiger partial charge in [0.1, 0.15) is 0 Å². The summed E-state index contributed by atoms with van der Waals surface area (Å²) >= 11 is 1.65. The highest BCUT2D eigenvalue weighted by Crippen LogP contribution is 2.32. The molecule has 1 heterocycles. The third-order valence-corrected chi connectivity index (χ3v) is 3.58. The van der Waals surface area contributed by atoms with E-state index >= 15 is 0 Å². The Kier molecular flexibility index (Phi) is 3.36. The van der Waals surface area contributed by atoms with Gasteiger partial charge in [-0.25, -0.2) is 0 Å². The van der Waals surface area contributed by atoms with Gasteiger partial charge in [0.25, 0.3) is 5.91 Å². The van der Waals surface area contributed by atoms with Crippen LogP contribution in [0.1, 0.15) is 10.4 Å². The van der Waals surface area contributed by atoms with E-state index in [-0.39, 0.29) is 5.91 Å². The Morgan fingerprint density at radius 1 is 1.56 bits per heavy atom. The Bertz CT molecular complexity index is 405. The molecule has 0 saturated carbocycles. The van der Waals surface area contributed by atoms with Crippen molar-refractivity contribution >= 4 is 23.4 Å². The minimum absolute atomic E-state index is 0.0808. The summed E-state index contributed by atoms with van der Waals surface area (Å²) in [5.74, 6) is -0.0808. The number of ether oxygens (including phenoxy) is 1. The van der Waals surface area contributed by atoms with Crippen LogP contribution in [-0.4, -0.2) is 31.4 Å². The van der Waals surface area contributed by atoms with E-state index < -0.39 is 0 Å². The zero-order valence-electron chi connectivity index (χ0n) is 9.03. The molecule has 2 rings (SSSR count). The second kappa shape index (κ2) is 4.76. The summed E-state index contributed by atoms with van der Waals surface area (Å²) in [6.45, 7) is 1.49. The Hall–Kier alpha value is -1.20. The second-order valence-corrected chi connectivity index (χ2v) is 4.95. The van der Waals surface area contributed by atoms with Gasteiger partial charge in [-0.15, -0.1) is 11.8 Å². The molecule has 0 aliphatic carbocycles. The van der Waals surface area contributed by atoms with Crippen molar-refractivity contribution < 1.29 is 9.53 Å². The molecule has 1 aliphatic rings. The van der Waals surface area contributed by atoms with E-state index in [1.807, 2.05) is 6.07 Å². The van der Waals surface area contributed by atoms with Gasteiger partial charge in [0.15, 0.2) is 0 Å². The molecule has 1 aromatic rings. The molecule has 0 spiro atoms. The van der Waals surface area contributed by atoms with E-state index in [1.165, 1.54) is 0 Å². The van der Waals surface area contributed by atoms with Crippen LogP contribution in [0.4, 0.5) is 5.69 Å². The summed E-state index contributed by atoms with van der Waals surface area (Å²) in [5.41, 5.74) is 7.08. The number of nitrogens with two attached hydrogens (primary N) is 1. The van der Waals surface area contributed by atoms with E-state index in [0.29, 0.717) is 16.5 Å². The normalized spacial score (nSPS) is 15.6. The third kappa shape index (κ3) is 2.31. The molecule has 1 saturated heterocycles. The molecule has 0 bridgehead atoms. The van der Waals surface area contributed by atoms with Gasteiger partial charge in [0.2, 0.25) is 0 Å². The number of nitrogen functional groups attached to an aromatic ring is 1. The van der Waals surface area contributed by atoms with Gasteiger partial charge in [0, 0.05) is 17.6 Å². The smallest absolute Gasteiger partial charge is 0.252 e. The molecule has 4 nitrogen and oxygen atoms in total. The van der Waals surface area contributed by atoms with Crippen LogP contribution in [-0.2, 0) is 4.74 Å². The average Bonchev–Trinajstić information content (AvgIpc) is 2.22. The topological polar surface area (TPSA) is 64.4 Å². The van der Waals surface area contributed by atoms with E-state index in [4.69, 9.17) is 10.5 Å². The van der Waals surface area contributed by atoms with Gasteiger partial charge < -0.3 is 15.8 Å². The Labute approximate surface area is 98.5 Å². The monoisotopic (exact) mass is 238 g/mol.